The first-order valence-corrected chi connectivity index (χ1v) is 9.81. The van der Waals surface area contributed by atoms with Crippen LogP contribution < -0.4 is 0 Å². The molecule has 1 fully saturated rings. The molecule has 1 aromatic heterocycles. The Kier molecular flexibility index (Phi) is 6.65. The summed E-state index contributed by atoms with van der Waals surface area (Å²) in [6, 6.07) is 3.96. The van der Waals surface area contributed by atoms with Gasteiger partial charge in [-0.15, -0.1) is 11.3 Å². The van der Waals surface area contributed by atoms with Crippen molar-refractivity contribution in [2.75, 3.05) is 20.6 Å². The second-order valence-corrected chi connectivity index (χ2v) is 8.75. The molecule has 128 valence electrons. The highest BCUT2D eigenvalue weighted by Crippen LogP contribution is 2.30. The minimum Gasteiger partial charge on any atom is -0.341 e. The van der Waals surface area contributed by atoms with E-state index in [9.17, 15) is 9.59 Å². The molecule has 0 aliphatic heterocycles. The average Bonchev–Trinajstić information content (AvgIpc) is 2.99. The second-order valence-electron chi connectivity index (χ2n) is 6.29. The molecule has 0 unspecified atom stereocenters. The monoisotopic (exact) mass is 400 g/mol. The van der Waals surface area contributed by atoms with E-state index >= 15 is 0 Å². The minimum absolute atomic E-state index is 0.0295. The van der Waals surface area contributed by atoms with Crippen LogP contribution in [0.25, 0.3) is 0 Å². The predicted molar refractivity (Wildman–Crippen MR) is 97.8 cm³/mol. The Labute approximate surface area is 151 Å². The summed E-state index contributed by atoms with van der Waals surface area (Å²) < 4.78 is 0.922. The molecule has 0 bridgehead atoms. The van der Waals surface area contributed by atoms with Crippen LogP contribution in [0.2, 0.25) is 0 Å². The van der Waals surface area contributed by atoms with Crippen LogP contribution in [0.3, 0.4) is 0 Å². The lowest BCUT2D eigenvalue weighted by molar-refractivity contribution is -0.134. The largest absolute Gasteiger partial charge is 0.341 e. The molecule has 1 aromatic rings. The maximum Gasteiger partial charge on any atom is 0.264 e. The summed E-state index contributed by atoms with van der Waals surface area (Å²) >= 11 is 4.76. The highest BCUT2D eigenvalue weighted by atomic mass is 79.9. The number of amides is 2. The topological polar surface area (TPSA) is 40.6 Å². The fraction of sp³-hybridized carbons (Fsp3) is 0.647. The molecule has 4 nitrogen and oxygen atoms in total. The molecule has 2 amide bonds. The van der Waals surface area contributed by atoms with Gasteiger partial charge in [0.2, 0.25) is 5.91 Å². The van der Waals surface area contributed by atoms with Crippen molar-refractivity contribution in [1.29, 1.82) is 0 Å². The standard InChI is InChI=1S/C17H25BrN2O2S/c1-4-12-7-5-6-8-13(12)20(3)16(21)11-19(2)17(22)14-9-10-15(18)23-14/h9-10,12-13H,4-8,11H2,1-3H3/t12-,13+/m0/s1. The van der Waals surface area contributed by atoms with Gasteiger partial charge in [-0.3, -0.25) is 9.59 Å². The van der Waals surface area contributed by atoms with E-state index in [4.69, 9.17) is 0 Å². The SMILES string of the molecule is CC[C@H]1CCCC[C@H]1N(C)C(=O)CN(C)C(=O)c1ccc(Br)s1. The summed E-state index contributed by atoms with van der Waals surface area (Å²) in [5.74, 6) is 0.520. The van der Waals surface area contributed by atoms with Gasteiger partial charge in [-0.05, 0) is 46.8 Å². The molecule has 23 heavy (non-hydrogen) atoms. The lowest BCUT2D eigenvalue weighted by atomic mass is 9.82. The highest BCUT2D eigenvalue weighted by molar-refractivity contribution is 9.11. The molecule has 2 atom stereocenters. The van der Waals surface area contributed by atoms with Crippen molar-refractivity contribution < 1.29 is 9.59 Å². The van der Waals surface area contributed by atoms with Gasteiger partial charge < -0.3 is 9.80 Å². The van der Waals surface area contributed by atoms with Crippen LogP contribution in [0.15, 0.2) is 15.9 Å². The Morgan fingerprint density at radius 2 is 1.96 bits per heavy atom. The van der Waals surface area contributed by atoms with Crippen molar-refractivity contribution in [2.45, 2.75) is 45.1 Å². The number of hydrogen-bond acceptors (Lipinski definition) is 3. The summed E-state index contributed by atoms with van der Waals surface area (Å²) in [6.07, 6.45) is 5.85. The number of nitrogens with zero attached hydrogens (tertiary/aromatic N) is 2. The first kappa shape index (κ1) is 18.5. The van der Waals surface area contributed by atoms with Crippen molar-refractivity contribution in [3.05, 3.63) is 20.8 Å². The maximum atomic E-state index is 12.6. The van der Waals surface area contributed by atoms with Crippen LogP contribution in [0, 0.1) is 5.92 Å². The smallest absolute Gasteiger partial charge is 0.264 e. The Hall–Kier alpha value is -0.880. The van der Waals surface area contributed by atoms with E-state index in [0.717, 1.165) is 16.6 Å². The van der Waals surface area contributed by atoms with Gasteiger partial charge in [-0.2, -0.15) is 0 Å². The summed E-state index contributed by atoms with van der Waals surface area (Å²) in [4.78, 5) is 29.0. The van der Waals surface area contributed by atoms with Gasteiger partial charge in [-0.1, -0.05) is 26.2 Å². The highest BCUT2D eigenvalue weighted by Gasteiger charge is 2.30. The number of rotatable bonds is 5. The van der Waals surface area contributed by atoms with E-state index < -0.39 is 0 Å². The molecule has 0 saturated heterocycles. The zero-order valence-corrected chi connectivity index (χ0v) is 16.5. The number of likely N-dealkylation sites (N-methyl/N-ethyl adjacent to an activating group) is 2. The van der Waals surface area contributed by atoms with Crippen LogP contribution in [0.4, 0.5) is 0 Å². The molecule has 0 aromatic carbocycles. The molecule has 6 heteroatoms. The van der Waals surface area contributed by atoms with E-state index in [-0.39, 0.29) is 18.4 Å². The normalized spacial score (nSPS) is 21.0. The number of carbonyl (C=O) groups is 2. The van der Waals surface area contributed by atoms with E-state index in [1.807, 2.05) is 18.0 Å². The summed E-state index contributed by atoms with van der Waals surface area (Å²) in [5.41, 5.74) is 0. The Morgan fingerprint density at radius 3 is 2.57 bits per heavy atom. The zero-order valence-electron chi connectivity index (χ0n) is 14.0. The Bertz CT molecular complexity index is 561. The van der Waals surface area contributed by atoms with Gasteiger partial charge >= 0.3 is 0 Å². The summed E-state index contributed by atoms with van der Waals surface area (Å²) in [5, 5.41) is 0. The Balaban J connectivity index is 1.95. The lowest BCUT2D eigenvalue weighted by Gasteiger charge is -2.38. The molecule has 1 aliphatic carbocycles. The van der Waals surface area contributed by atoms with Gasteiger partial charge in [0, 0.05) is 20.1 Å². The fourth-order valence-corrected chi connectivity index (χ4v) is 4.74. The van der Waals surface area contributed by atoms with E-state index in [1.54, 1.807) is 13.1 Å². The zero-order chi connectivity index (χ0) is 17.0. The van der Waals surface area contributed by atoms with Crippen LogP contribution >= 0.6 is 27.3 Å². The predicted octanol–water partition coefficient (Wildman–Crippen LogP) is 4.01. The third kappa shape index (κ3) is 4.57. The van der Waals surface area contributed by atoms with Gasteiger partial charge in [-0.25, -0.2) is 0 Å². The molecule has 0 radical (unpaired) electrons. The number of halogens is 1. The first-order chi connectivity index (χ1) is 10.9. The van der Waals surface area contributed by atoms with Crippen LogP contribution in [0.1, 0.15) is 48.7 Å². The molecule has 2 rings (SSSR count). The van der Waals surface area contributed by atoms with Gasteiger partial charge in [0.15, 0.2) is 0 Å². The quantitative estimate of drug-likeness (QED) is 0.748. The third-order valence-electron chi connectivity index (χ3n) is 4.79. The van der Waals surface area contributed by atoms with Crippen LogP contribution in [-0.2, 0) is 4.79 Å². The molecule has 1 saturated carbocycles. The maximum absolute atomic E-state index is 12.6. The summed E-state index contributed by atoms with van der Waals surface area (Å²) in [6.45, 7) is 2.34. The van der Waals surface area contributed by atoms with Crippen LogP contribution in [-0.4, -0.2) is 48.3 Å². The van der Waals surface area contributed by atoms with E-state index in [1.165, 1.54) is 35.5 Å². The number of hydrogen-bond donors (Lipinski definition) is 0. The van der Waals surface area contributed by atoms with Crippen LogP contribution in [0.5, 0.6) is 0 Å². The molecular formula is C17H25BrN2O2S. The summed E-state index contributed by atoms with van der Waals surface area (Å²) in [7, 11) is 3.58. The second kappa shape index (κ2) is 8.29. The number of carbonyl (C=O) groups excluding carboxylic acids is 2. The van der Waals surface area contributed by atoms with Crippen molar-refractivity contribution >= 4 is 39.1 Å². The van der Waals surface area contributed by atoms with E-state index in [0.29, 0.717) is 16.8 Å². The van der Waals surface area contributed by atoms with Gasteiger partial charge in [0.1, 0.15) is 0 Å². The number of thiophene rings is 1. The van der Waals surface area contributed by atoms with Gasteiger partial charge in [0.25, 0.3) is 5.91 Å². The van der Waals surface area contributed by atoms with Gasteiger partial charge in [0.05, 0.1) is 15.2 Å². The molecule has 0 N–H and O–H groups in total. The first-order valence-electron chi connectivity index (χ1n) is 8.20. The Morgan fingerprint density at radius 1 is 1.26 bits per heavy atom. The average molecular weight is 401 g/mol. The molecule has 0 spiro atoms. The fourth-order valence-electron chi connectivity index (χ4n) is 3.36. The molecule has 1 heterocycles. The molecule has 1 aliphatic rings. The van der Waals surface area contributed by atoms with Crippen molar-refractivity contribution in [3.8, 4) is 0 Å². The third-order valence-corrected chi connectivity index (χ3v) is 6.40. The van der Waals surface area contributed by atoms with Crippen molar-refractivity contribution in [1.82, 2.24) is 9.80 Å². The minimum atomic E-state index is -0.0989. The van der Waals surface area contributed by atoms with Crippen molar-refractivity contribution in [3.63, 3.8) is 0 Å². The van der Waals surface area contributed by atoms with Crippen molar-refractivity contribution in [2.24, 2.45) is 5.92 Å². The molecular weight excluding hydrogens is 376 g/mol. The lowest BCUT2D eigenvalue weighted by Crippen LogP contribution is -2.47. The van der Waals surface area contributed by atoms with E-state index in [2.05, 4.69) is 22.9 Å².